The van der Waals surface area contributed by atoms with Gasteiger partial charge in [-0.15, -0.1) is 0 Å². The average Bonchev–Trinajstić information content (AvgIpc) is 3.05. The van der Waals surface area contributed by atoms with E-state index < -0.39 is 6.10 Å². The molecule has 0 aromatic carbocycles. The van der Waals surface area contributed by atoms with E-state index in [1.54, 1.807) is 0 Å². The molecule has 5 heteroatoms. The Bertz CT molecular complexity index is 675. The zero-order valence-corrected chi connectivity index (χ0v) is 19.4. The fourth-order valence-corrected chi connectivity index (χ4v) is 9.05. The molecule has 176 valence electrons. The third-order valence-electron chi connectivity index (χ3n) is 10.6. The first kappa shape index (κ1) is 22.3. The van der Waals surface area contributed by atoms with Gasteiger partial charge in [-0.1, -0.05) is 13.8 Å². The molecule has 0 bridgehead atoms. The van der Waals surface area contributed by atoms with Gasteiger partial charge in [-0.25, -0.2) is 0 Å². The second-order valence-corrected chi connectivity index (χ2v) is 11.9. The summed E-state index contributed by atoms with van der Waals surface area (Å²) in [6, 6.07) is 0. The van der Waals surface area contributed by atoms with E-state index >= 15 is 0 Å². The molecule has 5 fully saturated rings. The van der Waals surface area contributed by atoms with Crippen molar-refractivity contribution in [3.8, 4) is 0 Å². The molecule has 5 aliphatic rings. The first-order chi connectivity index (χ1) is 14.9. The van der Waals surface area contributed by atoms with Crippen LogP contribution < -0.4 is 0 Å². The number of carbonyl (C=O) groups is 1. The van der Waals surface area contributed by atoms with Gasteiger partial charge in [-0.05, 0) is 105 Å². The van der Waals surface area contributed by atoms with Gasteiger partial charge in [-0.2, -0.15) is 0 Å². The molecule has 5 nitrogen and oxygen atoms in total. The van der Waals surface area contributed by atoms with Crippen molar-refractivity contribution in [2.75, 3.05) is 13.2 Å². The molecule has 4 saturated carbocycles. The molecule has 0 spiro atoms. The molecule has 5 rings (SSSR count). The molecule has 4 aliphatic carbocycles. The van der Waals surface area contributed by atoms with E-state index in [1.807, 2.05) is 0 Å². The molecule has 1 aliphatic heterocycles. The average molecular weight is 435 g/mol. The lowest BCUT2D eigenvalue weighted by atomic mass is 9.44. The Morgan fingerprint density at radius 1 is 1.03 bits per heavy atom. The van der Waals surface area contributed by atoms with Crippen LogP contribution in [0.2, 0.25) is 0 Å². The minimum absolute atomic E-state index is 0.00413. The van der Waals surface area contributed by atoms with Crippen LogP contribution in [0.3, 0.4) is 0 Å². The molecular formula is C26H42O5. The van der Waals surface area contributed by atoms with Crippen molar-refractivity contribution in [2.45, 2.75) is 103 Å². The predicted octanol–water partition coefficient (Wildman–Crippen LogP) is 4.09. The van der Waals surface area contributed by atoms with Crippen LogP contribution in [0.15, 0.2) is 0 Å². The lowest BCUT2D eigenvalue weighted by Crippen LogP contribution is -2.56. The zero-order chi connectivity index (χ0) is 21.8. The summed E-state index contributed by atoms with van der Waals surface area (Å²) in [5.74, 6) is 1.79. The van der Waals surface area contributed by atoms with Crippen LogP contribution in [0.5, 0.6) is 0 Å². The molecule has 1 saturated heterocycles. The molecule has 0 aromatic heterocycles. The van der Waals surface area contributed by atoms with Gasteiger partial charge in [0.25, 0.3) is 0 Å². The first-order valence-electron chi connectivity index (χ1n) is 13.0. The highest BCUT2D eigenvalue weighted by Gasteiger charge is 2.63. The quantitative estimate of drug-likeness (QED) is 0.652. The van der Waals surface area contributed by atoms with Crippen molar-refractivity contribution in [3.05, 3.63) is 0 Å². The van der Waals surface area contributed by atoms with Gasteiger partial charge in [0.05, 0.1) is 12.2 Å². The third kappa shape index (κ3) is 3.62. The number of ether oxygens (including phenoxy) is 2. The maximum absolute atomic E-state index is 12.5. The van der Waals surface area contributed by atoms with Crippen molar-refractivity contribution in [1.29, 1.82) is 0 Å². The highest BCUT2D eigenvalue weighted by atomic mass is 16.7. The van der Waals surface area contributed by atoms with Crippen molar-refractivity contribution in [3.63, 3.8) is 0 Å². The van der Waals surface area contributed by atoms with E-state index in [2.05, 4.69) is 13.8 Å². The number of rotatable bonds is 4. The summed E-state index contributed by atoms with van der Waals surface area (Å²) in [5.41, 5.74) is 0.165. The summed E-state index contributed by atoms with van der Waals surface area (Å²) < 4.78 is 12.2. The largest absolute Gasteiger partial charge is 0.393 e. The summed E-state index contributed by atoms with van der Waals surface area (Å²) in [6.45, 7) is 5.19. The fraction of sp³-hybridized carbons (Fsp3) is 0.962. The van der Waals surface area contributed by atoms with Gasteiger partial charge >= 0.3 is 0 Å². The smallest absolute Gasteiger partial charge is 0.161 e. The lowest BCUT2D eigenvalue weighted by molar-refractivity contribution is -0.213. The van der Waals surface area contributed by atoms with Gasteiger partial charge < -0.3 is 19.7 Å². The number of fused-ring (bicyclic) bond motifs is 5. The Morgan fingerprint density at radius 3 is 2.58 bits per heavy atom. The highest BCUT2D eigenvalue weighted by Crippen LogP contribution is 2.67. The highest BCUT2D eigenvalue weighted by molar-refractivity contribution is 5.83. The van der Waals surface area contributed by atoms with Gasteiger partial charge in [0, 0.05) is 12.5 Å². The van der Waals surface area contributed by atoms with Gasteiger partial charge in [0.1, 0.15) is 6.61 Å². The predicted molar refractivity (Wildman–Crippen MR) is 117 cm³/mol. The molecule has 1 heterocycles. The Hall–Kier alpha value is -0.490. The molecular weight excluding hydrogens is 392 g/mol. The van der Waals surface area contributed by atoms with Crippen LogP contribution in [0.4, 0.5) is 0 Å². The molecule has 2 N–H and O–H groups in total. The first-order valence-corrected chi connectivity index (χ1v) is 13.0. The van der Waals surface area contributed by atoms with Gasteiger partial charge in [0.15, 0.2) is 12.1 Å². The molecule has 0 amide bonds. The number of carbonyl (C=O) groups excluding carboxylic acids is 1. The Labute approximate surface area is 187 Å². The van der Waals surface area contributed by atoms with E-state index in [0.717, 1.165) is 51.6 Å². The maximum atomic E-state index is 12.5. The molecule has 31 heavy (non-hydrogen) atoms. The third-order valence-corrected chi connectivity index (χ3v) is 10.6. The minimum Gasteiger partial charge on any atom is -0.393 e. The second kappa shape index (κ2) is 8.38. The van der Waals surface area contributed by atoms with Crippen LogP contribution in [0, 0.1) is 40.4 Å². The minimum atomic E-state index is -0.401. The number of hydrogen-bond acceptors (Lipinski definition) is 5. The molecule has 10 atom stereocenters. The summed E-state index contributed by atoms with van der Waals surface area (Å²) >= 11 is 0. The van der Waals surface area contributed by atoms with Crippen molar-refractivity contribution < 1.29 is 24.5 Å². The van der Waals surface area contributed by atoms with E-state index in [0.29, 0.717) is 35.7 Å². The fourth-order valence-electron chi connectivity index (χ4n) is 9.05. The lowest BCUT2D eigenvalue weighted by Gasteiger charge is -2.61. The SMILES string of the molecule is C[C@]12CC[C@H]3[C@@H](CC[C@@H]4C[C@@H](OC5CCCCO5)CC[C@@]43C)[C@@H]1[C@H](O)C[C@@H]2C(=O)CO. The summed E-state index contributed by atoms with van der Waals surface area (Å²) in [7, 11) is 0. The van der Waals surface area contributed by atoms with E-state index in [4.69, 9.17) is 9.47 Å². The van der Waals surface area contributed by atoms with Crippen molar-refractivity contribution in [1.82, 2.24) is 0 Å². The summed E-state index contributed by atoms with van der Waals surface area (Å²) in [5, 5.41) is 20.6. The van der Waals surface area contributed by atoms with E-state index in [-0.39, 0.29) is 35.9 Å². The van der Waals surface area contributed by atoms with Gasteiger partial charge in [0.2, 0.25) is 0 Å². The number of ketones is 1. The van der Waals surface area contributed by atoms with Crippen molar-refractivity contribution >= 4 is 5.78 Å². The van der Waals surface area contributed by atoms with Crippen LogP contribution in [-0.2, 0) is 14.3 Å². The Balaban J connectivity index is 1.30. The van der Waals surface area contributed by atoms with E-state index in [9.17, 15) is 15.0 Å². The van der Waals surface area contributed by atoms with Crippen LogP contribution in [-0.4, -0.2) is 47.7 Å². The Kier molecular flexibility index (Phi) is 6.03. The molecule has 0 radical (unpaired) electrons. The Morgan fingerprint density at radius 2 is 1.84 bits per heavy atom. The standard InChI is InChI=1S/C26H42O5/c1-25-10-8-17(31-23-5-3-4-12-30-23)13-16(25)6-7-18-19(25)9-11-26(2)20(22(29)15-27)14-21(28)24(18)26/h16-21,23-24,27-28H,3-15H2,1-2H3/t16-,17+,18-,19+,20-,21-,23?,24-,25+,26-/m1/s1. The van der Waals surface area contributed by atoms with Crippen LogP contribution in [0.25, 0.3) is 0 Å². The topological polar surface area (TPSA) is 76.0 Å². The molecule has 0 aromatic rings. The van der Waals surface area contributed by atoms with Crippen molar-refractivity contribution in [2.24, 2.45) is 40.4 Å². The summed E-state index contributed by atoms with van der Waals surface area (Å²) in [6.07, 6.45) is 11.9. The number of aliphatic hydroxyl groups is 2. The number of aliphatic hydroxyl groups excluding tert-OH is 2. The monoisotopic (exact) mass is 434 g/mol. The molecule has 1 unspecified atom stereocenters. The van der Waals surface area contributed by atoms with Crippen LogP contribution >= 0.6 is 0 Å². The maximum Gasteiger partial charge on any atom is 0.161 e. The normalized spacial score (nSPS) is 52.1. The zero-order valence-electron chi connectivity index (χ0n) is 19.4. The number of Topliss-reactive ketones (excluding diaryl/α,β-unsaturated/α-hetero) is 1. The number of hydrogen-bond donors (Lipinski definition) is 2. The van der Waals surface area contributed by atoms with Crippen LogP contribution in [0.1, 0.15) is 84.5 Å². The van der Waals surface area contributed by atoms with E-state index in [1.165, 1.54) is 19.3 Å². The second-order valence-electron chi connectivity index (χ2n) is 11.9. The van der Waals surface area contributed by atoms with Gasteiger partial charge in [-0.3, -0.25) is 4.79 Å². The summed E-state index contributed by atoms with van der Waals surface area (Å²) in [4.78, 5) is 12.5.